The summed E-state index contributed by atoms with van der Waals surface area (Å²) in [6.07, 6.45) is 2.26. The van der Waals surface area contributed by atoms with Gasteiger partial charge < -0.3 is 10.6 Å². The van der Waals surface area contributed by atoms with E-state index in [1.807, 2.05) is 54.1 Å². The van der Waals surface area contributed by atoms with Crippen LogP contribution in [0, 0.1) is 6.92 Å². The smallest absolute Gasteiger partial charge is 0.243 e. The van der Waals surface area contributed by atoms with Crippen molar-refractivity contribution >= 4 is 33.2 Å². The fourth-order valence-electron chi connectivity index (χ4n) is 2.80. The lowest BCUT2D eigenvalue weighted by Crippen LogP contribution is -2.21. The van der Waals surface area contributed by atoms with Gasteiger partial charge in [-0.3, -0.25) is 4.79 Å². The van der Waals surface area contributed by atoms with Crippen molar-refractivity contribution in [1.82, 2.24) is 20.2 Å². The molecule has 0 saturated heterocycles. The second kappa shape index (κ2) is 7.48. The standard InChI is InChI=1S/C19H19BrN6O/c1-12-10-15(6-9-17(12)20)22-18(27)11-21-14-4-2-13(3-5-14)19-23-24-25-26(19)16-7-8-16/h2-6,9-10,16,21H,7-8,11H2,1H3,(H,22,27). The molecule has 1 fully saturated rings. The minimum Gasteiger partial charge on any atom is -0.376 e. The Kier molecular flexibility index (Phi) is 4.89. The number of nitrogens with zero attached hydrogens (tertiary/aromatic N) is 4. The van der Waals surface area contributed by atoms with E-state index in [9.17, 15) is 4.79 Å². The van der Waals surface area contributed by atoms with Crippen LogP contribution in [0.15, 0.2) is 46.9 Å². The first-order chi connectivity index (χ1) is 13.1. The van der Waals surface area contributed by atoms with Gasteiger partial charge in [-0.2, -0.15) is 0 Å². The number of aromatic nitrogens is 4. The molecule has 1 aliphatic carbocycles. The number of carbonyl (C=O) groups excluding carboxylic acids is 1. The summed E-state index contributed by atoms with van der Waals surface area (Å²) in [5, 5.41) is 18.0. The molecule has 3 aromatic rings. The molecule has 138 valence electrons. The minimum absolute atomic E-state index is 0.0986. The fourth-order valence-corrected chi connectivity index (χ4v) is 3.04. The van der Waals surface area contributed by atoms with Gasteiger partial charge in [0.05, 0.1) is 12.6 Å². The van der Waals surface area contributed by atoms with E-state index in [0.717, 1.165) is 45.6 Å². The number of halogens is 1. The monoisotopic (exact) mass is 426 g/mol. The molecule has 4 rings (SSSR count). The third-order valence-corrected chi connectivity index (χ3v) is 5.31. The van der Waals surface area contributed by atoms with Crippen LogP contribution in [0.2, 0.25) is 0 Å². The average molecular weight is 427 g/mol. The fraction of sp³-hybridized carbons (Fsp3) is 0.263. The molecule has 2 N–H and O–H groups in total. The Labute approximate surface area is 165 Å². The van der Waals surface area contributed by atoms with Gasteiger partial charge in [0.1, 0.15) is 0 Å². The van der Waals surface area contributed by atoms with Crippen molar-refractivity contribution in [3.05, 3.63) is 52.5 Å². The van der Waals surface area contributed by atoms with E-state index in [1.165, 1.54) is 0 Å². The molecule has 0 unspecified atom stereocenters. The van der Waals surface area contributed by atoms with Crippen LogP contribution >= 0.6 is 15.9 Å². The van der Waals surface area contributed by atoms with Crippen molar-refractivity contribution in [3.8, 4) is 11.4 Å². The molecule has 1 aliphatic rings. The van der Waals surface area contributed by atoms with Gasteiger partial charge in [0.15, 0.2) is 5.82 Å². The SMILES string of the molecule is Cc1cc(NC(=O)CNc2ccc(-c3nnnn3C3CC3)cc2)ccc1Br. The number of hydrogen-bond acceptors (Lipinski definition) is 5. The summed E-state index contributed by atoms with van der Waals surface area (Å²) in [7, 11) is 0. The molecule has 0 atom stereocenters. The van der Waals surface area contributed by atoms with Crippen LogP contribution < -0.4 is 10.6 Å². The minimum atomic E-state index is -0.0986. The number of carbonyl (C=O) groups is 1. The molecule has 1 saturated carbocycles. The van der Waals surface area contributed by atoms with Crippen LogP contribution in [0.4, 0.5) is 11.4 Å². The van der Waals surface area contributed by atoms with Gasteiger partial charge >= 0.3 is 0 Å². The summed E-state index contributed by atoms with van der Waals surface area (Å²) in [6.45, 7) is 2.17. The predicted octanol–water partition coefficient (Wildman–Crippen LogP) is 3.80. The normalized spacial score (nSPS) is 13.4. The Bertz CT molecular complexity index is 965. The van der Waals surface area contributed by atoms with Gasteiger partial charge in [0.2, 0.25) is 5.91 Å². The summed E-state index contributed by atoms with van der Waals surface area (Å²) >= 11 is 3.45. The van der Waals surface area contributed by atoms with Crippen molar-refractivity contribution in [2.24, 2.45) is 0 Å². The van der Waals surface area contributed by atoms with E-state index in [1.54, 1.807) is 0 Å². The maximum absolute atomic E-state index is 12.1. The van der Waals surface area contributed by atoms with Crippen LogP contribution in [-0.2, 0) is 4.79 Å². The largest absolute Gasteiger partial charge is 0.376 e. The molecule has 8 heteroatoms. The van der Waals surface area contributed by atoms with E-state index in [4.69, 9.17) is 0 Å². The van der Waals surface area contributed by atoms with E-state index in [0.29, 0.717) is 6.04 Å². The summed E-state index contributed by atoms with van der Waals surface area (Å²) in [6, 6.07) is 13.9. The van der Waals surface area contributed by atoms with Gasteiger partial charge in [0.25, 0.3) is 0 Å². The van der Waals surface area contributed by atoms with Crippen LogP contribution in [0.5, 0.6) is 0 Å². The molecule has 0 radical (unpaired) electrons. The van der Waals surface area contributed by atoms with Crippen molar-refractivity contribution < 1.29 is 4.79 Å². The number of nitrogens with one attached hydrogen (secondary N) is 2. The Morgan fingerprint density at radius 2 is 1.93 bits per heavy atom. The zero-order valence-corrected chi connectivity index (χ0v) is 16.4. The zero-order chi connectivity index (χ0) is 18.8. The molecular formula is C19H19BrN6O. The lowest BCUT2D eigenvalue weighted by Gasteiger charge is -2.09. The molecule has 1 aromatic heterocycles. The highest BCUT2D eigenvalue weighted by Crippen LogP contribution is 2.36. The third kappa shape index (κ3) is 4.16. The van der Waals surface area contributed by atoms with E-state index in [2.05, 4.69) is 42.1 Å². The average Bonchev–Trinajstić information content (AvgIpc) is 3.40. The molecule has 0 bridgehead atoms. The third-order valence-electron chi connectivity index (χ3n) is 4.42. The van der Waals surface area contributed by atoms with E-state index < -0.39 is 0 Å². The van der Waals surface area contributed by atoms with E-state index >= 15 is 0 Å². The van der Waals surface area contributed by atoms with Gasteiger partial charge in [-0.25, -0.2) is 4.68 Å². The van der Waals surface area contributed by atoms with Gasteiger partial charge in [0, 0.05) is 21.4 Å². The van der Waals surface area contributed by atoms with Gasteiger partial charge in [-0.05, 0) is 78.2 Å². The van der Waals surface area contributed by atoms with Gasteiger partial charge in [-0.15, -0.1) is 5.10 Å². The molecule has 1 amide bonds. The van der Waals surface area contributed by atoms with Crippen molar-refractivity contribution in [2.75, 3.05) is 17.2 Å². The second-order valence-electron chi connectivity index (χ2n) is 6.62. The molecule has 27 heavy (non-hydrogen) atoms. The Balaban J connectivity index is 1.35. The first kappa shape index (κ1) is 17.7. The topological polar surface area (TPSA) is 84.7 Å². The molecular weight excluding hydrogens is 408 g/mol. The Morgan fingerprint density at radius 3 is 2.63 bits per heavy atom. The van der Waals surface area contributed by atoms with Crippen molar-refractivity contribution in [2.45, 2.75) is 25.8 Å². The van der Waals surface area contributed by atoms with Crippen molar-refractivity contribution in [1.29, 1.82) is 0 Å². The highest BCUT2D eigenvalue weighted by atomic mass is 79.9. The van der Waals surface area contributed by atoms with Crippen LogP contribution in [-0.4, -0.2) is 32.7 Å². The maximum Gasteiger partial charge on any atom is 0.243 e. The first-order valence-electron chi connectivity index (χ1n) is 8.78. The molecule has 7 nitrogen and oxygen atoms in total. The Hall–Kier alpha value is -2.74. The quantitative estimate of drug-likeness (QED) is 0.625. The summed E-state index contributed by atoms with van der Waals surface area (Å²) < 4.78 is 2.90. The predicted molar refractivity (Wildman–Crippen MR) is 108 cm³/mol. The van der Waals surface area contributed by atoms with Crippen LogP contribution in [0.3, 0.4) is 0 Å². The highest BCUT2D eigenvalue weighted by Gasteiger charge is 2.28. The van der Waals surface area contributed by atoms with E-state index in [-0.39, 0.29) is 12.5 Å². The number of benzene rings is 2. The molecule has 1 heterocycles. The van der Waals surface area contributed by atoms with Crippen LogP contribution in [0.25, 0.3) is 11.4 Å². The number of hydrogen-bond donors (Lipinski definition) is 2. The summed E-state index contributed by atoms with van der Waals surface area (Å²) in [5.41, 5.74) is 3.69. The van der Waals surface area contributed by atoms with Crippen molar-refractivity contribution in [3.63, 3.8) is 0 Å². The molecule has 0 aliphatic heterocycles. The maximum atomic E-state index is 12.1. The number of anilines is 2. The lowest BCUT2D eigenvalue weighted by atomic mass is 10.2. The lowest BCUT2D eigenvalue weighted by molar-refractivity contribution is -0.114. The molecule has 0 spiro atoms. The number of rotatable bonds is 6. The summed E-state index contributed by atoms with van der Waals surface area (Å²) in [4.78, 5) is 12.1. The highest BCUT2D eigenvalue weighted by molar-refractivity contribution is 9.10. The number of tetrazole rings is 1. The Morgan fingerprint density at radius 1 is 1.19 bits per heavy atom. The summed E-state index contributed by atoms with van der Waals surface area (Å²) in [5.74, 6) is 0.686. The number of aryl methyl sites for hydroxylation is 1. The molecule has 2 aromatic carbocycles. The van der Waals surface area contributed by atoms with Crippen LogP contribution in [0.1, 0.15) is 24.4 Å². The number of amides is 1. The second-order valence-corrected chi connectivity index (χ2v) is 7.48. The van der Waals surface area contributed by atoms with Gasteiger partial charge in [-0.1, -0.05) is 15.9 Å². The first-order valence-corrected chi connectivity index (χ1v) is 9.57. The zero-order valence-electron chi connectivity index (χ0n) is 14.8.